The summed E-state index contributed by atoms with van der Waals surface area (Å²) in [5.74, 6) is -1.34. The largest absolute Gasteiger partial charge is 0.550 e. The Morgan fingerprint density at radius 1 is 1.19 bits per heavy atom. The zero-order valence-electron chi connectivity index (χ0n) is 17.0. The number of alkyl halides is 3. The van der Waals surface area contributed by atoms with Crippen molar-refractivity contribution in [1.82, 2.24) is 0 Å². The number of carbonyl (C=O) groups excluding carboxylic acids is 1. The van der Waals surface area contributed by atoms with Gasteiger partial charge in [-0.2, -0.15) is 13.2 Å². The molecule has 0 amide bonds. The molecule has 0 atom stereocenters. The van der Waals surface area contributed by atoms with E-state index in [0.717, 1.165) is 31.0 Å². The quantitative estimate of drug-likeness (QED) is 0.747. The average Bonchev–Trinajstić information content (AvgIpc) is 2.63. The van der Waals surface area contributed by atoms with Crippen molar-refractivity contribution < 1.29 is 27.8 Å². The monoisotopic (exact) mass is 431 g/mol. The van der Waals surface area contributed by atoms with Crippen LogP contribution in [0.2, 0.25) is 0 Å². The van der Waals surface area contributed by atoms with Crippen LogP contribution in [-0.4, -0.2) is 38.3 Å². The third kappa shape index (κ3) is 3.38. The van der Waals surface area contributed by atoms with Gasteiger partial charge in [0.25, 0.3) is 0 Å². The molecule has 0 radical (unpaired) electrons. The lowest BCUT2D eigenvalue weighted by Gasteiger charge is -2.49. The lowest BCUT2D eigenvalue weighted by molar-refractivity contribution is -0.312. The van der Waals surface area contributed by atoms with Gasteiger partial charge in [-0.25, -0.2) is 0 Å². The lowest BCUT2D eigenvalue weighted by Crippen LogP contribution is -2.54. The molecule has 3 aliphatic rings. The van der Waals surface area contributed by atoms with E-state index in [9.17, 15) is 23.1 Å². The molecule has 8 heteroatoms. The Labute approximate surface area is 178 Å². The lowest BCUT2D eigenvalue weighted by atomic mass is 9.78. The van der Waals surface area contributed by atoms with Crippen molar-refractivity contribution >= 4 is 17.3 Å². The van der Waals surface area contributed by atoms with Crippen LogP contribution in [0.15, 0.2) is 36.4 Å². The van der Waals surface area contributed by atoms with Gasteiger partial charge in [-0.1, -0.05) is 12.1 Å². The number of ether oxygens (including phenoxy) is 1. The summed E-state index contributed by atoms with van der Waals surface area (Å²) < 4.78 is 47.2. The van der Waals surface area contributed by atoms with E-state index in [1.807, 2.05) is 29.0 Å². The van der Waals surface area contributed by atoms with E-state index in [1.54, 1.807) is 12.1 Å². The number of fused-ring (bicyclic) bond motifs is 1. The number of carboxylic acid groups (broad SMARTS) is 1. The molecule has 5 rings (SSSR count). The van der Waals surface area contributed by atoms with Crippen LogP contribution in [0.4, 0.5) is 24.5 Å². The van der Waals surface area contributed by atoms with Crippen LogP contribution in [0, 0.1) is 5.92 Å². The van der Waals surface area contributed by atoms with Gasteiger partial charge in [0.2, 0.25) is 0 Å². The van der Waals surface area contributed by atoms with Gasteiger partial charge in [-0.15, -0.1) is 0 Å². The van der Waals surface area contributed by atoms with Crippen molar-refractivity contribution in [3.8, 4) is 16.9 Å². The summed E-state index contributed by atoms with van der Waals surface area (Å²) >= 11 is 0. The molecule has 0 aromatic heterocycles. The molecular formula is C23H22F3N2O3-. The zero-order chi connectivity index (χ0) is 22.0. The summed E-state index contributed by atoms with van der Waals surface area (Å²) in [4.78, 5) is 14.9. The van der Waals surface area contributed by atoms with Gasteiger partial charge in [-0.05, 0) is 49.1 Å². The highest BCUT2D eigenvalue weighted by Crippen LogP contribution is 2.51. The molecule has 2 aliphatic heterocycles. The van der Waals surface area contributed by atoms with Crippen LogP contribution in [0.5, 0.6) is 5.75 Å². The van der Waals surface area contributed by atoms with Gasteiger partial charge in [0.05, 0.1) is 17.8 Å². The maximum Gasteiger partial charge on any atom is 0.416 e. The van der Waals surface area contributed by atoms with E-state index in [1.165, 1.54) is 6.07 Å². The van der Waals surface area contributed by atoms with Crippen molar-refractivity contribution in [3.05, 3.63) is 42.0 Å². The Kier molecular flexibility index (Phi) is 4.39. The summed E-state index contributed by atoms with van der Waals surface area (Å²) in [6.07, 6.45) is -1.80. The molecule has 2 fully saturated rings. The predicted octanol–water partition coefficient (Wildman–Crippen LogP) is 3.31. The van der Waals surface area contributed by atoms with E-state index >= 15 is 0 Å². The fourth-order valence-corrected chi connectivity index (χ4v) is 4.78. The first-order chi connectivity index (χ1) is 14.7. The van der Waals surface area contributed by atoms with Crippen LogP contribution in [0.25, 0.3) is 11.1 Å². The highest BCUT2D eigenvalue weighted by molar-refractivity contribution is 5.86. The highest BCUT2D eigenvalue weighted by Gasteiger charge is 2.45. The van der Waals surface area contributed by atoms with Crippen molar-refractivity contribution in [2.45, 2.75) is 31.0 Å². The van der Waals surface area contributed by atoms with E-state index in [4.69, 9.17) is 4.74 Å². The maximum absolute atomic E-state index is 13.7. The molecule has 164 valence electrons. The summed E-state index contributed by atoms with van der Waals surface area (Å²) in [5, 5.41) is 11.0. The van der Waals surface area contributed by atoms with Crippen LogP contribution in [0.1, 0.15) is 24.8 Å². The van der Waals surface area contributed by atoms with Crippen LogP contribution < -0.4 is 19.6 Å². The third-order valence-electron chi connectivity index (χ3n) is 6.64. The number of hydrogen-bond donors (Lipinski definition) is 0. The van der Waals surface area contributed by atoms with E-state index < -0.39 is 29.2 Å². The fraction of sp³-hybridized carbons (Fsp3) is 0.435. The smallest absolute Gasteiger partial charge is 0.416 e. The Bertz CT molecular complexity index is 1040. The molecule has 1 saturated carbocycles. The SMILES string of the molecule is CN1CC2(CCC2)Oc2cc(C(F)(F)F)cc(-c3cccc(N4CC(C(=O)[O-])C4)c3)c21. The Morgan fingerprint density at radius 2 is 1.94 bits per heavy atom. The number of hydrogen-bond acceptors (Lipinski definition) is 5. The molecule has 1 spiro atoms. The van der Waals surface area contributed by atoms with Crippen LogP contribution in [0.3, 0.4) is 0 Å². The standard InChI is InChI=1S/C23H23F3N2O3/c1-27-13-22(6-3-7-22)31-19-10-16(23(24,25)26)9-18(20(19)27)14-4-2-5-17(8-14)28-11-15(12-28)21(29)30/h2,4-5,8-10,15H,3,6-7,11-13H2,1H3,(H,29,30)/p-1. The Morgan fingerprint density at radius 3 is 2.55 bits per heavy atom. The first-order valence-electron chi connectivity index (χ1n) is 10.4. The van der Waals surface area contributed by atoms with Crippen LogP contribution >= 0.6 is 0 Å². The molecule has 1 saturated heterocycles. The minimum atomic E-state index is -4.49. The minimum Gasteiger partial charge on any atom is -0.550 e. The van der Waals surface area contributed by atoms with Crippen molar-refractivity contribution in [2.24, 2.45) is 5.92 Å². The number of rotatable bonds is 3. The molecule has 2 aromatic rings. The molecule has 31 heavy (non-hydrogen) atoms. The van der Waals surface area contributed by atoms with Gasteiger partial charge in [0.15, 0.2) is 0 Å². The maximum atomic E-state index is 13.7. The Hall–Kier alpha value is -2.90. The predicted molar refractivity (Wildman–Crippen MR) is 108 cm³/mol. The molecule has 0 N–H and O–H groups in total. The number of carbonyl (C=O) groups is 1. The van der Waals surface area contributed by atoms with Crippen molar-refractivity contribution in [2.75, 3.05) is 36.5 Å². The van der Waals surface area contributed by atoms with E-state index in [-0.39, 0.29) is 5.75 Å². The second kappa shape index (κ2) is 6.80. The second-order valence-corrected chi connectivity index (χ2v) is 8.83. The molecule has 5 nitrogen and oxygen atoms in total. The molecular weight excluding hydrogens is 409 g/mol. The summed E-state index contributed by atoms with van der Waals surface area (Å²) in [7, 11) is 1.89. The average molecular weight is 431 g/mol. The topological polar surface area (TPSA) is 55.8 Å². The van der Waals surface area contributed by atoms with Gasteiger partial charge in [-0.3, -0.25) is 0 Å². The number of aliphatic carboxylic acids is 1. The van der Waals surface area contributed by atoms with Gasteiger partial charge in [0, 0.05) is 43.3 Å². The van der Waals surface area contributed by atoms with Gasteiger partial charge >= 0.3 is 6.18 Å². The number of halogens is 3. The van der Waals surface area contributed by atoms with Gasteiger partial charge < -0.3 is 24.4 Å². The third-order valence-corrected chi connectivity index (χ3v) is 6.64. The number of nitrogens with zero attached hydrogens (tertiary/aromatic N) is 2. The molecule has 2 aromatic carbocycles. The minimum absolute atomic E-state index is 0.268. The second-order valence-electron chi connectivity index (χ2n) is 8.83. The fourth-order valence-electron chi connectivity index (χ4n) is 4.78. The Balaban J connectivity index is 1.57. The van der Waals surface area contributed by atoms with Crippen molar-refractivity contribution in [3.63, 3.8) is 0 Å². The summed E-state index contributed by atoms with van der Waals surface area (Å²) in [6.45, 7) is 1.30. The van der Waals surface area contributed by atoms with E-state index in [2.05, 4.69) is 0 Å². The number of likely N-dealkylation sites (N-methyl/N-ethyl adjacent to an activating group) is 1. The molecule has 0 bridgehead atoms. The summed E-state index contributed by atoms with van der Waals surface area (Å²) in [6, 6.07) is 9.48. The highest BCUT2D eigenvalue weighted by atomic mass is 19.4. The summed E-state index contributed by atoms with van der Waals surface area (Å²) in [5.41, 5.74) is 1.38. The zero-order valence-corrected chi connectivity index (χ0v) is 17.0. The van der Waals surface area contributed by atoms with Gasteiger partial charge in [0.1, 0.15) is 11.4 Å². The first-order valence-corrected chi connectivity index (χ1v) is 10.4. The number of anilines is 2. The number of carboxylic acids is 1. The van der Waals surface area contributed by atoms with E-state index in [0.29, 0.717) is 36.4 Å². The normalized spacial score (nSPS) is 20.0. The molecule has 1 aliphatic carbocycles. The number of benzene rings is 2. The molecule has 0 unspecified atom stereocenters. The molecule has 2 heterocycles. The van der Waals surface area contributed by atoms with Crippen molar-refractivity contribution in [1.29, 1.82) is 0 Å². The van der Waals surface area contributed by atoms with Crippen LogP contribution in [-0.2, 0) is 11.0 Å². The first kappa shape index (κ1) is 20.0.